The molecule has 1 heterocycles. The molecule has 0 fully saturated rings. The van der Waals surface area contributed by atoms with Crippen LogP contribution >= 0.6 is 11.3 Å². The molecule has 21 heavy (non-hydrogen) atoms. The van der Waals surface area contributed by atoms with E-state index in [-0.39, 0.29) is 23.7 Å². The van der Waals surface area contributed by atoms with Crippen molar-refractivity contribution in [1.29, 1.82) is 0 Å². The second-order valence-corrected chi connectivity index (χ2v) is 5.48. The Kier molecular flexibility index (Phi) is 7.10. The van der Waals surface area contributed by atoms with Crippen molar-refractivity contribution < 1.29 is 19.4 Å². The minimum absolute atomic E-state index is 0.0262. The third-order valence-electron chi connectivity index (χ3n) is 2.89. The second kappa shape index (κ2) is 8.58. The summed E-state index contributed by atoms with van der Waals surface area (Å²) in [5, 5.41) is 8.72. The standard InChI is InChI=1S/C13H20N2O5S/c1-3-15(6-5-11(16)17)8-10-9(14-13(19)21-10)7-12(18)20-4-2/h3-8H2,1-2H3,(H,14,19)(H,16,17). The lowest BCUT2D eigenvalue weighted by Crippen LogP contribution is -2.26. The molecule has 2 N–H and O–H groups in total. The third-order valence-corrected chi connectivity index (χ3v) is 3.80. The first kappa shape index (κ1) is 17.4. The molecule has 1 aromatic heterocycles. The van der Waals surface area contributed by atoms with Crippen LogP contribution in [0, 0.1) is 0 Å². The topological polar surface area (TPSA) is 99.7 Å². The Morgan fingerprint density at radius 1 is 1.38 bits per heavy atom. The lowest BCUT2D eigenvalue weighted by molar-refractivity contribution is -0.142. The van der Waals surface area contributed by atoms with Crippen molar-refractivity contribution in [3.63, 3.8) is 0 Å². The largest absolute Gasteiger partial charge is 0.481 e. The van der Waals surface area contributed by atoms with Crippen LogP contribution in [0.1, 0.15) is 30.8 Å². The van der Waals surface area contributed by atoms with Gasteiger partial charge in [-0.05, 0) is 13.5 Å². The van der Waals surface area contributed by atoms with E-state index in [1.165, 1.54) is 0 Å². The Balaban J connectivity index is 2.74. The number of carboxylic acids is 1. The quantitative estimate of drug-likeness (QED) is 0.655. The van der Waals surface area contributed by atoms with E-state index in [0.717, 1.165) is 16.2 Å². The number of aliphatic carboxylic acids is 1. The van der Waals surface area contributed by atoms with E-state index in [9.17, 15) is 14.4 Å². The Bertz CT molecular complexity index is 537. The molecule has 1 aromatic rings. The molecule has 0 aromatic carbocycles. The van der Waals surface area contributed by atoms with Gasteiger partial charge in [0.15, 0.2) is 0 Å². The summed E-state index contributed by atoms with van der Waals surface area (Å²) in [7, 11) is 0. The molecule has 0 saturated heterocycles. The molecule has 0 saturated carbocycles. The summed E-state index contributed by atoms with van der Waals surface area (Å²) < 4.78 is 4.87. The first-order valence-electron chi connectivity index (χ1n) is 6.76. The number of nitrogens with one attached hydrogen (secondary N) is 1. The Morgan fingerprint density at radius 2 is 2.10 bits per heavy atom. The number of rotatable bonds is 9. The SMILES string of the molecule is CCOC(=O)Cc1[nH]c(=O)sc1CN(CC)CCC(=O)O. The molecule has 0 radical (unpaired) electrons. The highest BCUT2D eigenvalue weighted by molar-refractivity contribution is 7.09. The minimum Gasteiger partial charge on any atom is -0.481 e. The van der Waals surface area contributed by atoms with Crippen molar-refractivity contribution in [2.45, 2.75) is 33.2 Å². The number of thiazole rings is 1. The number of carbonyl (C=O) groups is 2. The van der Waals surface area contributed by atoms with Gasteiger partial charge in [-0.25, -0.2) is 0 Å². The normalized spacial score (nSPS) is 10.8. The Labute approximate surface area is 126 Å². The van der Waals surface area contributed by atoms with Crippen molar-refractivity contribution in [3.8, 4) is 0 Å². The van der Waals surface area contributed by atoms with Gasteiger partial charge in [-0.15, -0.1) is 0 Å². The molecule has 0 unspecified atom stereocenters. The van der Waals surface area contributed by atoms with Crippen LogP contribution in [0.15, 0.2) is 4.79 Å². The smallest absolute Gasteiger partial charge is 0.311 e. The number of hydrogen-bond donors (Lipinski definition) is 2. The maximum Gasteiger partial charge on any atom is 0.311 e. The summed E-state index contributed by atoms with van der Waals surface area (Å²) >= 11 is 1.04. The molecule has 118 valence electrons. The van der Waals surface area contributed by atoms with Gasteiger partial charge in [0.1, 0.15) is 0 Å². The van der Waals surface area contributed by atoms with Gasteiger partial charge >= 0.3 is 16.8 Å². The van der Waals surface area contributed by atoms with Crippen molar-refractivity contribution in [2.24, 2.45) is 0 Å². The van der Waals surface area contributed by atoms with Crippen LogP contribution in [-0.4, -0.2) is 46.6 Å². The van der Waals surface area contributed by atoms with Crippen LogP contribution in [-0.2, 0) is 27.3 Å². The van der Waals surface area contributed by atoms with Crippen LogP contribution < -0.4 is 4.87 Å². The van der Waals surface area contributed by atoms with Gasteiger partial charge in [-0.3, -0.25) is 19.3 Å². The third kappa shape index (κ3) is 6.09. The molecule has 0 spiro atoms. The summed E-state index contributed by atoms with van der Waals surface area (Å²) in [6.07, 6.45) is 0.0682. The van der Waals surface area contributed by atoms with Crippen LogP contribution in [0.3, 0.4) is 0 Å². The van der Waals surface area contributed by atoms with E-state index < -0.39 is 5.97 Å². The van der Waals surface area contributed by atoms with E-state index in [1.807, 2.05) is 11.8 Å². The van der Waals surface area contributed by atoms with Crippen LogP contribution in [0.25, 0.3) is 0 Å². The number of carboxylic acid groups (broad SMARTS) is 1. The van der Waals surface area contributed by atoms with Crippen molar-refractivity contribution in [2.75, 3.05) is 19.7 Å². The van der Waals surface area contributed by atoms with Crippen LogP contribution in [0.5, 0.6) is 0 Å². The molecule has 7 nitrogen and oxygen atoms in total. The molecule has 1 rings (SSSR count). The van der Waals surface area contributed by atoms with Gasteiger partial charge in [0.05, 0.1) is 19.4 Å². The first-order chi connectivity index (χ1) is 9.96. The number of nitrogens with zero attached hydrogens (tertiary/aromatic N) is 1. The second-order valence-electron chi connectivity index (χ2n) is 4.41. The fraction of sp³-hybridized carbons (Fsp3) is 0.615. The monoisotopic (exact) mass is 316 g/mol. The number of aromatic nitrogens is 1. The number of carbonyl (C=O) groups excluding carboxylic acids is 1. The summed E-state index contributed by atoms with van der Waals surface area (Å²) in [6, 6.07) is 0. The molecule has 0 amide bonds. The molecular weight excluding hydrogens is 296 g/mol. The van der Waals surface area contributed by atoms with Gasteiger partial charge < -0.3 is 14.8 Å². The first-order valence-corrected chi connectivity index (χ1v) is 7.58. The molecule has 0 aliphatic carbocycles. The average Bonchev–Trinajstić information content (AvgIpc) is 2.74. The van der Waals surface area contributed by atoms with Gasteiger partial charge in [0.2, 0.25) is 0 Å². The predicted octanol–water partition coefficient (Wildman–Crippen LogP) is 0.839. The van der Waals surface area contributed by atoms with Gasteiger partial charge in [-0.2, -0.15) is 0 Å². The van der Waals surface area contributed by atoms with E-state index in [1.54, 1.807) is 6.92 Å². The van der Waals surface area contributed by atoms with Crippen molar-refractivity contribution in [3.05, 3.63) is 20.2 Å². The van der Waals surface area contributed by atoms with E-state index >= 15 is 0 Å². The summed E-state index contributed by atoms with van der Waals surface area (Å²) in [6.45, 7) is 5.45. The number of hydrogen-bond acceptors (Lipinski definition) is 6. The maximum atomic E-state index is 11.5. The molecule has 0 aliphatic rings. The highest BCUT2D eigenvalue weighted by atomic mass is 32.1. The Morgan fingerprint density at radius 3 is 2.67 bits per heavy atom. The van der Waals surface area contributed by atoms with Crippen molar-refractivity contribution in [1.82, 2.24) is 9.88 Å². The zero-order chi connectivity index (χ0) is 15.8. The molecular formula is C13H20N2O5S. The number of H-pyrrole nitrogens is 1. The number of ether oxygens (including phenoxy) is 1. The zero-order valence-corrected chi connectivity index (χ0v) is 13.0. The molecule has 0 aliphatic heterocycles. The fourth-order valence-corrected chi connectivity index (χ4v) is 2.72. The highest BCUT2D eigenvalue weighted by Gasteiger charge is 2.16. The summed E-state index contributed by atoms with van der Waals surface area (Å²) in [5.74, 6) is -1.25. The van der Waals surface area contributed by atoms with Gasteiger partial charge in [0.25, 0.3) is 0 Å². The van der Waals surface area contributed by atoms with Crippen LogP contribution in [0.2, 0.25) is 0 Å². The number of aromatic amines is 1. The van der Waals surface area contributed by atoms with E-state index in [2.05, 4.69) is 4.98 Å². The minimum atomic E-state index is -0.859. The van der Waals surface area contributed by atoms with E-state index in [0.29, 0.717) is 31.9 Å². The lowest BCUT2D eigenvalue weighted by atomic mass is 10.2. The van der Waals surface area contributed by atoms with Gasteiger partial charge in [-0.1, -0.05) is 18.3 Å². The Hall–Kier alpha value is -1.67. The average molecular weight is 316 g/mol. The highest BCUT2D eigenvalue weighted by Crippen LogP contribution is 2.14. The van der Waals surface area contributed by atoms with Crippen molar-refractivity contribution >= 4 is 23.3 Å². The van der Waals surface area contributed by atoms with Crippen LogP contribution in [0.4, 0.5) is 0 Å². The van der Waals surface area contributed by atoms with E-state index in [4.69, 9.17) is 9.84 Å². The zero-order valence-electron chi connectivity index (χ0n) is 12.2. The molecule has 8 heteroatoms. The molecule has 0 bridgehead atoms. The van der Waals surface area contributed by atoms with Gasteiger partial charge in [0, 0.05) is 23.7 Å². The predicted molar refractivity (Wildman–Crippen MR) is 78.5 cm³/mol. The molecule has 0 atom stereocenters. The summed E-state index contributed by atoms with van der Waals surface area (Å²) in [5.41, 5.74) is 0.553. The maximum absolute atomic E-state index is 11.5. The fourth-order valence-electron chi connectivity index (χ4n) is 1.82. The lowest BCUT2D eigenvalue weighted by Gasteiger charge is -2.18. The summed E-state index contributed by atoms with van der Waals surface area (Å²) in [4.78, 5) is 38.7. The number of esters is 1.